The van der Waals surface area contributed by atoms with Crippen LogP contribution in [0.5, 0.6) is 0 Å². The molecule has 0 unspecified atom stereocenters. The minimum Gasteiger partial charge on any atom is -0.353 e. The molecule has 1 aromatic heterocycles. The smallest absolute Gasteiger partial charge is 0.123 e. The molecule has 0 spiro atoms. The molecule has 0 aliphatic carbocycles. The molecule has 4 rings (SSSR count). The topological polar surface area (TPSA) is 40.5 Å². The maximum atomic E-state index is 13.2. The third-order valence-corrected chi connectivity index (χ3v) is 3.90. The van der Waals surface area contributed by atoms with Gasteiger partial charge in [-0.2, -0.15) is 5.11 Å². The number of halogens is 2. The Morgan fingerprint density at radius 2 is 1.32 bits per heavy atom. The Hall–Kier alpha value is -3.34. The third kappa shape index (κ3) is 3.04. The van der Waals surface area contributed by atoms with Crippen molar-refractivity contribution in [1.29, 1.82) is 0 Å². The molecule has 1 heterocycles. The van der Waals surface area contributed by atoms with Gasteiger partial charge in [-0.1, -0.05) is 18.2 Å². The molecule has 4 aromatic rings. The molecule has 0 fully saturated rings. The molecule has 0 saturated carbocycles. The monoisotopic (exact) mass is 333 g/mol. The number of nitrogens with one attached hydrogen (secondary N) is 1. The Morgan fingerprint density at radius 3 is 2.04 bits per heavy atom. The largest absolute Gasteiger partial charge is 0.353 e. The molecule has 3 nitrogen and oxygen atoms in total. The highest BCUT2D eigenvalue weighted by Gasteiger charge is 2.13. The zero-order valence-electron chi connectivity index (χ0n) is 13.1. The number of fused-ring (bicyclic) bond motifs is 1. The molecule has 0 radical (unpaired) electrons. The normalized spacial score (nSPS) is 11.4. The molecule has 3 aromatic carbocycles. The summed E-state index contributed by atoms with van der Waals surface area (Å²) in [6.07, 6.45) is 0. The molecule has 0 aliphatic heterocycles. The van der Waals surface area contributed by atoms with Crippen molar-refractivity contribution in [3.63, 3.8) is 0 Å². The van der Waals surface area contributed by atoms with Gasteiger partial charge in [0.2, 0.25) is 0 Å². The molecule has 0 saturated heterocycles. The van der Waals surface area contributed by atoms with Crippen molar-refractivity contribution < 1.29 is 8.78 Å². The van der Waals surface area contributed by atoms with Gasteiger partial charge in [0.1, 0.15) is 17.3 Å². The van der Waals surface area contributed by atoms with E-state index in [1.165, 1.54) is 24.3 Å². The third-order valence-electron chi connectivity index (χ3n) is 3.90. The van der Waals surface area contributed by atoms with E-state index in [0.29, 0.717) is 11.4 Å². The quantitative estimate of drug-likeness (QED) is 0.414. The van der Waals surface area contributed by atoms with Crippen molar-refractivity contribution in [1.82, 2.24) is 4.98 Å². The van der Waals surface area contributed by atoms with Crippen LogP contribution >= 0.6 is 0 Å². The van der Waals surface area contributed by atoms with Gasteiger partial charge in [-0.05, 0) is 54.6 Å². The highest BCUT2D eigenvalue weighted by molar-refractivity contribution is 5.99. The molecular formula is C20H13F2N3. The second kappa shape index (κ2) is 6.28. The number of hydrogen-bond donors (Lipinski definition) is 1. The first-order valence-electron chi connectivity index (χ1n) is 7.75. The van der Waals surface area contributed by atoms with Crippen molar-refractivity contribution >= 4 is 22.3 Å². The van der Waals surface area contributed by atoms with E-state index < -0.39 is 0 Å². The van der Waals surface area contributed by atoms with E-state index in [-0.39, 0.29) is 11.6 Å². The van der Waals surface area contributed by atoms with E-state index in [2.05, 4.69) is 15.2 Å². The lowest BCUT2D eigenvalue weighted by Crippen LogP contribution is -1.79. The number of azo groups is 1. The van der Waals surface area contributed by atoms with Gasteiger partial charge in [-0.15, -0.1) is 5.11 Å². The van der Waals surface area contributed by atoms with Crippen LogP contribution in [0.15, 0.2) is 83.0 Å². The fraction of sp³-hybridized carbons (Fsp3) is 0. The number of para-hydroxylation sites is 1. The predicted octanol–water partition coefficient (Wildman–Crippen LogP) is 6.53. The minimum atomic E-state index is -0.321. The maximum Gasteiger partial charge on any atom is 0.123 e. The van der Waals surface area contributed by atoms with Gasteiger partial charge in [0.25, 0.3) is 0 Å². The van der Waals surface area contributed by atoms with Gasteiger partial charge >= 0.3 is 0 Å². The second-order valence-electron chi connectivity index (χ2n) is 5.58. The van der Waals surface area contributed by atoms with Gasteiger partial charge in [-0.25, -0.2) is 8.78 Å². The standard InChI is InChI=1S/C20H13F2N3/c21-14-7-5-13(6-8-14)19-20(17-3-1-2-4-18(17)23-19)25-24-16-11-9-15(22)10-12-16/h1-12,23H. The van der Waals surface area contributed by atoms with E-state index >= 15 is 0 Å². The fourth-order valence-electron chi connectivity index (χ4n) is 2.67. The van der Waals surface area contributed by atoms with Gasteiger partial charge < -0.3 is 4.98 Å². The average molecular weight is 333 g/mol. The summed E-state index contributed by atoms with van der Waals surface area (Å²) in [4.78, 5) is 3.31. The van der Waals surface area contributed by atoms with Crippen LogP contribution in [0, 0.1) is 11.6 Å². The Kier molecular flexibility index (Phi) is 3.82. The Balaban J connectivity index is 1.84. The summed E-state index contributed by atoms with van der Waals surface area (Å²) in [5.74, 6) is -0.618. The van der Waals surface area contributed by atoms with E-state index in [0.717, 1.165) is 22.2 Å². The number of hydrogen-bond acceptors (Lipinski definition) is 2. The number of aromatic nitrogens is 1. The summed E-state index contributed by atoms with van der Waals surface area (Å²) in [7, 11) is 0. The number of aromatic amines is 1. The second-order valence-corrected chi connectivity index (χ2v) is 5.58. The summed E-state index contributed by atoms with van der Waals surface area (Å²) in [5, 5.41) is 9.49. The molecular weight excluding hydrogens is 320 g/mol. The van der Waals surface area contributed by atoms with Crippen molar-refractivity contribution in [3.8, 4) is 11.3 Å². The summed E-state index contributed by atoms with van der Waals surface area (Å²) in [5.41, 5.74) is 3.69. The number of H-pyrrole nitrogens is 1. The van der Waals surface area contributed by atoms with Crippen LogP contribution in [0.25, 0.3) is 22.2 Å². The van der Waals surface area contributed by atoms with E-state index in [4.69, 9.17) is 0 Å². The first-order chi connectivity index (χ1) is 12.2. The van der Waals surface area contributed by atoms with Gasteiger partial charge in [-0.3, -0.25) is 0 Å². The van der Waals surface area contributed by atoms with Gasteiger partial charge in [0.05, 0.1) is 11.4 Å². The van der Waals surface area contributed by atoms with Crippen molar-refractivity contribution in [2.75, 3.05) is 0 Å². The summed E-state index contributed by atoms with van der Waals surface area (Å²) >= 11 is 0. The zero-order chi connectivity index (χ0) is 17.2. The van der Waals surface area contributed by atoms with E-state index in [1.807, 2.05) is 24.3 Å². The first kappa shape index (κ1) is 15.2. The zero-order valence-corrected chi connectivity index (χ0v) is 13.1. The lowest BCUT2D eigenvalue weighted by molar-refractivity contribution is 0.627. The number of rotatable bonds is 3. The van der Waals surface area contributed by atoms with Crippen LogP contribution in [0.4, 0.5) is 20.2 Å². The van der Waals surface area contributed by atoms with Crippen molar-refractivity contribution in [2.24, 2.45) is 10.2 Å². The highest BCUT2D eigenvalue weighted by Crippen LogP contribution is 2.38. The Morgan fingerprint density at radius 1 is 0.680 bits per heavy atom. The molecule has 0 amide bonds. The average Bonchev–Trinajstić information content (AvgIpc) is 3.00. The van der Waals surface area contributed by atoms with Gasteiger partial charge in [0.15, 0.2) is 0 Å². The first-order valence-corrected chi connectivity index (χ1v) is 7.75. The molecule has 0 bridgehead atoms. The van der Waals surface area contributed by atoms with Crippen molar-refractivity contribution in [3.05, 3.63) is 84.4 Å². The maximum absolute atomic E-state index is 13.2. The lowest BCUT2D eigenvalue weighted by atomic mass is 10.1. The van der Waals surface area contributed by atoms with Crippen LogP contribution in [-0.2, 0) is 0 Å². The summed E-state index contributed by atoms with van der Waals surface area (Å²) in [6, 6.07) is 19.7. The molecule has 0 atom stereocenters. The van der Waals surface area contributed by atoms with E-state index in [9.17, 15) is 8.78 Å². The van der Waals surface area contributed by atoms with Crippen LogP contribution in [0.2, 0.25) is 0 Å². The fourth-order valence-corrected chi connectivity index (χ4v) is 2.67. The molecule has 5 heteroatoms. The summed E-state index contributed by atoms with van der Waals surface area (Å²) < 4.78 is 26.2. The Bertz CT molecular complexity index is 1050. The van der Waals surface area contributed by atoms with Gasteiger partial charge in [0, 0.05) is 16.5 Å². The SMILES string of the molecule is Fc1ccc(N=Nc2c(-c3ccc(F)cc3)[nH]c3ccccc23)cc1. The van der Waals surface area contributed by atoms with Crippen LogP contribution in [0.1, 0.15) is 0 Å². The van der Waals surface area contributed by atoms with Crippen LogP contribution in [-0.4, -0.2) is 4.98 Å². The highest BCUT2D eigenvalue weighted by atomic mass is 19.1. The summed E-state index contributed by atoms with van der Waals surface area (Å²) in [6.45, 7) is 0. The molecule has 0 aliphatic rings. The molecule has 1 N–H and O–H groups in total. The van der Waals surface area contributed by atoms with Crippen LogP contribution < -0.4 is 0 Å². The molecule has 122 valence electrons. The predicted molar refractivity (Wildman–Crippen MR) is 94.3 cm³/mol. The van der Waals surface area contributed by atoms with Crippen molar-refractivity contribution in [2.45, 2.75) is 0 Å². The minimum absolute atomic E-state index is 0.297. The lowest BCUT2D eigenvalue weighted by Gasteiger charge is -2.00. The Labute approximate surface area is 142 Å². The number of benzene rings is 3. The molecule has 25 heavy (non-hydrogen) atoms. The number of nitrogens with zero attached hydrogens (tertiary/aromatic N) is 2. The van der Waals surface area contributed by atoms with Crippen LogP contribution in [0.3, 0.4) is 0 Å². The van der Waals surface area contributed by atoms with E-state index in [1.54, 1.807) is 24.3 Å².